The first-order valence-corrected chi connectivity index (χ1v) is 6.77. The van der Waals surface area contributed by atoms with E-state index in [0.717, 1.165) is 26.2 Å². The Bertz CT molecular complexity index is 439. The van der Waals surface area contributed by atoms with Gasteiger partial charge in [0.05, 0.1) is 5.56 Å². The molecule has 1 aromatic rings. The van der Waals surface area contributed by atoms with Crippen LogP contribution in [0.2, 0.25) is 0 Å². The summed E-state index contributed by atoms with van der Waals surface area (Å²) in [7, 11) is 2.08. The van der Waals surface area contributed by atoms with Gasteiger partial charge in [0.15, 0.2) is 0 Å². The van der Waals surface area contributed by atoms with E-state index in [0.29, 0.717) is 11.4 Å². The molecule has 1 aliphatic rings. The lowest BCUT2D eigenvalue weighted by Gasteiger charge is -2.32. The number of nitrogens with one attached hydrogen (secondary N) is 1. The van der Waals surface area contributed by atoms with Crippen molar-refractivity contribution in [2.45, 2.75) is 19.9 Å². The van der Waals surface area contributed by atoms with Crippen molar-refractivity contribution in [1.82, 2.24) is 14.8 Å². The van der Waals surface area contributed by atoms with Crippen LogP contribution in [0.5, 0.6) is 0 Å². The number of carbonyl (C=O) groups is 1. The quantitative estimate of drug-likeness (QED) is 0.891. The second-order valence-electron chi connectivity index (χ2n) is 5.29. The van der Waals surface area contributed by atoms with Gasteiger partial charge in [0.1, 0.15) is 5.82 Å². The number of rotatable bonds is 3. The highest BCUT2D eigenvalue weighted by molar-refractivity contribution is 5.98. The minimum absolute atomic E-state index is 0.0735. The zero-order valence-corrected chi connectivity index (χ0v) is 11.9. The molecular weight excluding hydrogens is 240 g/mol. The fourth-order valence-corrected chi connectivity index (χ4v) is 2.15. The SMILES string of the molecule is CC(C)Nc1ncccc1C(=O)N1CCN(C)CC1. The first-order valence-electron chi connectivity index (χ1n) is 6.77. The topological polar surface area (TPSA) is 48.5 Å². The number of pyridine rings is 1. The smallest absolute Gasteiger partial charge is 0.257 e. The Morgan fingerprint density at radius 2 is 2.00 bits per heavy atom. The van der Waals surface area contributed by atoms with E-state index in [1.807, 2.05) is 30.9 Å². The minimum Gasteiger partial charge on any atom is -0.367 e. The molecule has 2 rings (SSSR count). The van der Waals surface area contributed by atoms with Crippen LogP contribution in [0.1, 0.15) is 24.2 Å². The third-order valence-electron chi connectivity index (χ3n) is 3.25. The number of hydrogen-bond acceptors (Lipinski definition) is 4. The lowest BCUT2D eigenvalue weighted by molar-refractivity contribution is 0.0664. The first-order chi connectivity index (χ1) is 9.08. The number of aromatic nitrogens is 1. The summed E-state index contributed by atoms with van der Waals surface area (Å²) in [5, 5.41) is 3.23. The predicted octanol–water partition coefficient (Wildman–Crippen LogP) is 1.29. The highest BCUT2D eigenvalue weighted by atomic mass is 16.2. The van der Waals surface area contributed by atoms with Crippen molar-refractivity contribution in [1.29, 1.82) is 0 Å². The van der Waals surface area contributed by atoms with Gasteiger partial charge < -0.3 is 15.1 Å². The maximum absolute atomic E-state index is 12.5. The highest BCUT2D eigenvalue weighted by Gasteiger charge is 2.22. The van der Waals surface area contributed by atoms with Gasteiger partial charge in [-0.3, -0.25) is 4.79 Å². The van der Waals surface area contributed by atoms with Crippen LogP contribution in [0.4, 0.5) is 5.82 Å². The Kier molecular flexibility index (Phi) is 4.37. The number of anilines is 1. The number of carbonyl (C=O) groups excluding carboxylic acids is 1. The van der Waals surface area contributed by atoms with Crippen molar-refractivity contribution < 1.29 is 4.79 Å². The molecule has 0 saturated carbocycles. The molecule has 1 aliphatic heterocycles. The molecule has 2 heterocycles. The summed E-state index contributed by atoms with van der Waals surface area (Å²) in [5.74, 6) is 0.755. The van der Waals surface area contributed by atoms with Gasteiger partial charge in [-0.2, -0.15) is 0 Å². The molecule has 0 unspecified atom stereocenters. The predicted molar refractivity (Wildman–Crippen MR) is 76.4 cm³/mol. The summed E-state index contributed by atoms with van der Waals surface area (Å²) < 4.78 is 0. The van der Waals surface area contributed by atoms with Crippen LogP contribution >= 0.6 is 0 Å². The molecule has 1 saturated heterocycles. The number of likely N-dealkylation sites (N-methyl/N-ethyl adjacent to an activating group) is 1. The molecule has 1 fully saturated rings. The minimum atomic E-state index is 0.0735. The molecule has 104 valence electrons. The van der Waals surface area contributed by atoms with Crippen LogP contribution in [-0.4, -0.2) is 60.0 Å². The molecule has 1 amide bonds. The second-order valence-corrected chi connectivity index (χ2v) is 5.29. The Balaban J connectivity index is 2.14. The van der Waals surface area contributed by atoms with Gasteiger partial charge in [-0.1, -0.05) is 0 Å². The lowest BCUT2D eigenvalue weighted by atomic mass is 10.2. The van der Waals surface area contributed by atoms with Gasteiger partial charge in [0.25, 0.3) is 5.91 Å². The van der Waals surface area contributed by atoms with E-state index in [4.69, 9.17) is 0 Å². The van der Waals surface area contributed by atoms with Gasteiger partial charge in [0.2, 0.25) is 0 Å². The molecule has 0 radical (unpaired) electrons. The Morgan fingerprint density at radius 3 is 2.63 bits per heavy atom. The standard InChI is InChI=1S/C14H22N4O/c1-11(2)16-13-12(5-4-6-15-13)14(19)18-9-7-17(3)8-10-18/h4-6,11H,7-10H2,1-3H3,(H,15,16). The van der Waals surface area contributed by atoms with Crippen LogP contribution in [0, 0.1) is 0 Å². The third-order valence-corrected chi connectivity index (χ3v) is 3.25. The molecule has 1 aromatic heterocycles. The molecular formula is C14H22N4O. The van der Waals surface area contributed by atoms with Crippen molar-refractivity contribution in [2.24, 2.45) is 0 Å². The summed E-state index contributed by atoms with van der Waals surface area (Å²) in [6, 6.07) is 3.92. The molecule has 0 atom stereocenters. The van der Waals surface area contributed by atoms with Crippen LogP contribution in [-0.2, 0) is 0 Å². The van der Waals surface area contributed by atoms with Crippen molar-refractivity contribution in [2.75, 3.05) is 38.5 Å². The summed E-state index contributed by atoms with van der Waals surface area (Å²) >= 11 is 0. The fraction of sp³-hybridized carbons (Fsp3) is 0.571. The van der Waals surface area contributed by atoms with Crippen LogP contribution < -0.4 is 5.32 Å². The van der Waals surface area contributed by atoms with Gasteiger partial charge in [0, 0.05) is 38.4 Å². The maximum Gasteiger partial charge on any atom is 0.257 e. The van der Waals surface area contributed by atoms with Crippen LogP contribution in [0.25, 0.3) is 0 Å². The number of piperazine rings is 1. The second kappa shape index (κ2) is 6.02. The normalized spacial score (nSPS) is 16.7. The molecule has 5 nitrogen and oxygen atoms in total. The average Bonchev–Trinajstić information content (AvgIpc) is 2.39. The number of nitrogens with zero attached hydrogens (tertiary/aromatic N) is 3. The van der Waals surface area contributed by atoms with Crippen LogP contribution in [0.15, 0.2) is 18.3 Å². The van der Waals surface area contributed by atoms with Crippen LogP contribution in [0.3, 0.4) is 0 Å². The third kappa shape index (κ3) is 3.44. The summed E-state index contributed by atoms with van der Waals surface area (Å²) in [5.41, 5.74) is 0.667. The Hall–Kier alpha value is -1.62. The molecule has 0 bridgehead atoms. The van der Waals surface area contributed by atoms with E-state index in [9.17, 15) is 4.79 Å². The molecule has 19 heavy (non-hydrogen) atoms. The van der Waals surface area contributed by atoms with Gasteiger partial charge in [-0.15, -0.1) is 0 Å². The van der Waals surface area contributed by atoms with Crippen molar-refractivity contribution in [3.8, 4) is 0 Å². The lowest BCUT2D eigenvalue weighted by Crippen LogP contribution is -2.47. The number of hydrogen-bond donors (Lipinski definition) is 1. The Morgan fingerprint density at radius 1 is 1.32 bits per heavy atom. The van der Waals surface area contributed by atoms with E-state index in [2.05, 4.69) is 22.2 Å². The molecule has 5 heteroatoms. The van der Waals surface area contributed by atoms with Gasteiger partial charge in [-0.25, -0.2) is 4.98 Å². The monoisotopic (exact) mass is 262 g/mol. The van der Waals surface area contributed by atoms with Crippen molar-refractivity contribution >= 4 is 11.7 Å². The zero-order chi connectivity index (χ0) is 13.8. The van der Waals surface area contributed by atoms with Gasteiger partial charge >= 0.3 is 0 Å². The van der Waals surface area contributed by atoms with E-state index in [1.165, 1.54) is 0 Å². The molecule has 1 N–H and O–H groups in total. The highest BCUT2D eigenvalue weighted by Crippen LogP contribution is 2.16. The number of amides is 1. The first kappa shape index (κ1) is 13.8. The van der Waals surface area contributed by atoms with Gasteiger partial charge in [-0.05, 0) is 33.0 Å². The van der Waals surface area contributed by atoms with E-state index < -0.39 is 0 Å². The zero-order valence-electron chi connectivity index (χ0n) is 11.9. The fourth-order valence-electron chi connectivity index (χ4n) is 2.15. The van der Waals surface area contributed by atoms with E-state index in [-0.39, 0.29) is 11.9 Å². The summed E-state index contributed by atoms with van der Waals surface area (Å²) in [4.78, 5) is 21.0. The molecule has 0 aromatic carbocycles. The van der Waals surface area contributed by atoms with E-state index in [1.54, 1.807) is 6.20 Å². The Labute approximate surface area is 114 Å². The van der Waals surface area contributed by atoms with Crippen molar-refractivity contribution in [3.63, 3.8) is 0 Å². The maximum atomic E-state index is 12.5. The van der Waals surface area contributed by atoms with Crippen molar-refractivity contribution in [3.05, 3.63) is 23.9 Å². The summed E-state index contributed by atoms with van der Waals surface area (Å²) in [6.45, 7) is 7.51. The largest absolute Gasteiger partial charge is 0.367 e. The summed E-state index contributed by atoms with van der Waals surface area (Å²) in [6.07, 6.45) is 1.71. The van der Waals surface area contributed by atoms with E-state index >= 15 is 0 Å². The molecule has 0 spiro atoms. The average molecular weight is 262 g/mol. The molecule has 0 aliphatic carbocycles.